The molecule has 0 aliphatic carbocycles. The van der Waals surface area contributed by atoms with Crippen molar-refractivity contribution in [1.82, 2.24) is 10.2 Å². The van der Waals surface area contributed by atoms with Gasteiger partial charge in [0.1, 0.15) is 6.10 Å². The molecule has 0 saturated carbocycles. The number of ether oxygens (including phenoxy) is 2. The van der Waals surface area contributed by atoms with E-state index in [4.69, 9.17) is 15.2 Å². The van der Waals surface area contributed by atoms with Gasteiger partial charge in [0.25, 0.3) is 11.8 Å². The minimum atomic E-state index is -0.990. The maximum atomic E-state index is 12.3. The third-order valence-electron chi connectivity index (χ3n) is 3.74. The second-order valence-corrected chi connectivity index (χ2v) is 5.35. The summed E-state index contributed by atoms with van der Waals surface area (Å²) in [6.45, 7) is 1.55. The fourth-order valence-corrected chi connectivity index (χ4v) is 2.67. The van der Waals surface area contributed by atoms with Crippen LogP contribution in [0.1, 0.15) is 5.56 Å². The fourth-order valence-electron chi connectivity index (χ4n) is 2.67. The third kappa shape index (κ3) is 2.96. The van der Waals surface area contributed by atoms with E-state index in [0.717, 1.165) is 5.56 Å². The molecule has 7 heteroatoms. The van der Waals surface area contributed by atoms with Gasteiger partial charge in [-0.3, -0.25) is 9.59 Å². The van der Waals surface area contributed by atoms with Crippen molar-refractivity contribution in [3.63, 3.8) is 0 Å². The highest BCUT2D eigenvalue weighted by atomic mass is 16.7. The number of benzene rings is 1. The number of hydrogen-bond donors (Lipinski definition) is 2. The molecule has 3 rings (SSSR count). The summed E-state index contributed by atoms with van der Waals surface area (Å²) in [4.78, 5) is 26.0. The summed E-state index contributed by atoms with van der Waals surface area (Å²) >= 11 is 0. The molecule has 118 valence electrons. The van der Waals surface area contributed by atoms with E-state index in [9.17, 15) is 9.59 Å². The molecule has 0 radical (unpaired) electrons. The molecule has 2 heterocycles. The minimum absolute atomic E-state index is 0.241. The SMILES string of the molecule is NCCNC(=O)[C@H]1O[C@H]2O[C@H]1CN(Cc1ccccc1)C2=O. The smallest absolute Gasteiger partial charge is 0.280 e. The molecule has 2 aliphatic rings. The third-order valence-corrected chi connectivity index (χ3v) is 3.74. The van der Waals surface area contributed by atoms with Crippen molar-refractivity contribution in [3.8, 4) is 0 Å². The van der Waals surface area contributed by atoms with Crippen LogP contribution in [0.25, 0.3) is 0 Å². The van der Waals surface area contributed by atoms with E-state index in [1.165, 1.54) is 0 Å². The quantitative estimate of drug-likeness (QED) is 0.744. The summed E-state index contributed by atoms with van der Waals surface area (Å²) in [6.07, 6.45) is -2.19. The minimum Gasteiger partial charge on any atom is -0.352 e. The van der Waals surface area contributed by atoms with E-state index in [2.05, 4.69) is 5.32 Å². The number of nitrogens with zero attached hydrogens (tertiary/aromatic N) is 1. The number of hydrogen-bond acceptors (Lipinski definition) is 5. The number of amides is 2. The molecule has 2 bridgehead atoms. The van der Waals surface area contributed by atoms with Crippen molar-refractivity contribution >= 4 is 11.8 Å². The topological polar surface area (TPSA) is 93.9 Å². The molecule has 0 unspecified atom stereocenters. The van der Waals surface area contributed by atoms with Gasteiger partial charge in [-0.25, -0.2) is 0 Å². The lowest BCUT2D eigenvalue weighted by atomic mass is 10.1. The van der Waals surface area contributed by atoms with Gasteiger partial charge in [-0.05, 0) is 5.56 Å². The molecule has 0 spiro atoms. The average molecular weight is 305 g/mol. The van der Waals surface area contributed by atoms with Crippen molar-refractivity contribution in [3.05, 3.63) is 35.9 Å². The van der Waals surface area contributed by atoms with E-state index in [0.29, 0.717) is 26.2 Å². The first kappa shape index (κ1) is 15.0. The molecular formula is C15H19N3O4. The van der Waals surface area contributed by atoms with Crippen molar-refractivity contribution in [2.24, 2.45) is 5.73 Å². The number of nitrogens with one attached hydrogen (secondary N) is 1. The van der Waals surface area contributed by atoms with E-state index in [-0.39, 0.29) is 11.8 Å². The first-order chi connectivity index (χ1) is 10.7. The monoisotopic (exact) mass is 305 g/mol. The van der Waals surface area contributed by atoms with Gasteiger partial charge >= 0.3 is 0 Å². The maximum absolute atomic E-state index is 12.3. The summed E-state index contributed by atoms with van der Waals surface area (Å²) < 4.78 is 10.9. The van der Waals surface area contributed by atoms with Crippen LogP contribution in [0, 0.1) is 0 Å². The van der Waals surface area contributed by atoms with Gasteiger partial charge < -0.3 is 25.4 Å². The molecule has 3 N–H and O–H groups in total. The van der Waals surface area contributed by atoms with Crippen LogP contribution >= 0.6 is 0 Å². The van der Waals surface area contributed by atoms with E-state index >= 15 is 0 Å². The Balaban J connectivity index is 1.66. The first-order valence-corrected chi connectivity index (χ1v) is 7.30. The number of fused-ring (bicyclic) bond motifs is 2. The summed E-state index contributed by atoms with van der Waals surface area (Å²) in [7, 11) is 0. The molecule has 1 aromatic carbocycles. The first-order valence-electron chi connectivity index (χ1n) is 7.30. The molecule has 0 aromatic heterocycles. The zero-order valence-corrected chi connectivity index (χ0v) is 12.1. The molecular weight excluding hydrogens is 286 g/mol. The normalized spacial score (nSPS) is 27.0. The highest BCUT2D eigenvalue weighted by Gasteiger charge is 2.50. The Bertz CT molecular complexity index is 551. The number of carbonyl (C=O) groups is 2. The van der Waals surface area contributed by atoms with Crippen molar-refractivity contribution < 1.29 is 19.1 Å². The summed E-state index contributed by atoms with van der Waals surface area (Å²) in [6, 6.07) is 9.69. The Morgan fingerprint density at radius 1 is 1.32 bits per heavy atom. The van der Waals surface area contributed by atoms with Crippen molar-refractivity contribution in [2.75, 3.05) is 19.6 Å². The van der Waals surface area contributed by atoms with Crippen LogP contribution in [0.4, 0.5) is 0 Å². The van der Waals surface area contributed by atoms with E-state index in [1.807, 2.05) is 30.3 Å². The predicted molar refractivity (Wildman–Crippen MR) is 77.5 cm³/mol. The Morgan fingerprint density at radius 2 is 2.09 bits per heavy atom. The molecule has 7 nitrogen and oxygen atoms in total. The van der Waals surface area contributed by atoms with Gasteiger partial charge in [0.15, 0.2) is 6.10 Å². The van der Waals surface area contributed by atoms with Crippen LogP contribution < -0.4 is 11.1 Å². The number of nitrogens with two attached hydrogens (primary N) is 1. The van der Waals surface area contributed by atoms with Crippen LogP contribution in [-0.2, 0) is 25.6 Å². The summed E-state index contributed by atoms with van der Waals surface area (Å²) in [5.74, 6) is -0.526. The molecule has 2 aliphatic heterocycles. The van der Waals surface area contributed by atoms with Crippen LogP contribution in [-0.4, -0.2) is 54.8 Å². The highest BCUT2D eigenvalue weighted by Crippen LogP contribution is 2.28. The van der Waals surface area contributed by atoms with Crippen LogP contribution in [0.5, 0.6) is 0 Å². The van der Waals surface area contributed by atoms with Crippen LogP contribution in [0.15, 0.2) is 30.3 Å². The zero-order valence-electron chi connectivity index (χ0n) is 12.1. The fraction of sp³-hybridized carbons (Fsp3) is 0.467. The molecule has 3 atom stereocenters. The van der Waals surface area contributed by atoms with E-state index < -0.39 is 18.5 Å². The maximum Gasteiger partial charge on any atom is 0.280 e. The largest absolute Gasteiger partial charge is 0.352 e. The lowest BCUT2D eigenvalue weighted by Crippen LogP contribution is -2.49. The van der Waals surface area contributed by atoms with Crippen LogP contribution in [0.3, 0.4) is 0 Å². The van der Waals surface area contributed by atoms with Gasteiger partial charge in [-0.1, -0.05) is 30.3 Å². The predicted octanol–water partition coefficient (Wildman–Crippen LogP) is -0.786. The summed E-state index contributed by atoms with van der Waals surface area (Å²) in [5, 5.41) is 2.67. The van der Waals surface area contributed by atoms with Crippen LogP contribution in [0.2, 0.25) is 0 Å². The molecule has 2 saturated heterocycles. The Labute approximate surface area is 128 Å². The molecule has 2 fully saturated rings. The average Bonchev–Trinajstić information content (AvgIpc) is 2.90. The van der Waals surface area contributed by atoms with Gasteiger partial charge in [0.2, 0.25) is 6.29 Å². The van der Waals surface area contributed by atoms with E-state index in [1.54, 1.807) is 4.90 Å². The standard InChI is InChI=1S/C15H19N3O4/c16-6-7-17-13(19)12-11-9-18(14(20)15(21-11)22-12)8-10-4-2-1-3-5-10/h1-5,11-12,15H,6-9,16H2,(H,17,19)/t11-,12-,15+/m0/s1. The Kier molecular flexibility index (Phi) is 4.37. The second-order valence-electron chi connectivity index (χ2n) is 5.35. The Hall–Kier alpha value is -1.96. The lowest BCUT2D eigenvalue weighted by Gasteiger charge is -2.30. The molecule has 22 heavy (non-hydrogen) atoms. The molecule has 2 amide bonds. The van der Waals surface area contributed by atoms with Gasteiger partial charge in [0, 0.05) is 19.6 Å². The zero-order chi connectivity index (χ0) is 15.5. The highest BCUT2D eigenvalue weighted by molar-refractivity contribution is 5.86. The van der Waals surface area contributed by atoms with Gasteiger partial charge in [-0.2, -0.15) is 0 Å². The number of carbonyl (C=O) groups excluding carboxylic acids is 2. The number of morpholine rings is 1. The van der Waals surface area contributed by atoms with Gasteiger partial charge in [-0.15, -0.1) is 0 Å². The number of rotatable bonds is 5. The molecule has 1 aromatic rings. The van der Waals surface area contributed by atoms with Crippen molar-refractivity contribution in [1.29, 1.82) is 0 Å². The second kappa shape index (κ2) is 6.43. The van der Waals surface area contributed by atoms with Gasteiger partial charge in [0.05, 0.1) is 6.54 Å². The lowest BCUT2D eigenvalue weighted by molar-refractivity contribution is -0.172. The summed E-state index contributed by atoms with van der Waals surface area (Å²) in [5.41, 5.74) is 6.39. The van der Waals surface area contributed by atoms with Crippen molar-refractivity contribution in [2.45, 2.75) is 25.0 Å². The Morgan fingerprint density at radius 3 is 2.82 bits per heavy atom.